The molecule has 2 unspecified atom stereocenters. The zero-order valence-corrected chi connectivity index (χ0v) is 32.3. The van der Waals surface area contributed by atoms with E-state index in [1.165, 1.54) is 11.1 Å². The Labute approximate surface area is 317 Å². The van der Waals surface area contributed by atoms with E-state index in [-0.39, 0.29) is 30.7 Å². The predicted molar refractivity (Wildman–Crippen MR) is 206 cm³/mol. The Morgan fingerprint density at radius 2 is 1.06 bits per heavy atom. The monoisotopic (exact) mass is 741 g/mol. The Hall–Kier alpha value is -5.88. The molecule has 288 valence electrons. The molecule has 4 aromatic carbocycles. The summed E-state index contributed by atoms with van der Waals surface area (Å²) in [6, 6.07) is 26.1. The van der Waals surface area contributed by atoms with Gasteiger partial charge in [0, 0.05) is 18.9 Å². The van der Waals surface area contributed by atoms with Gasteiger partial charge in [0.2, 0.25) is 0 Å². The molecule has 54 heavy (non-hydrogen) atoms. The summed E-state index contributed by atoms with van der Waals surface area (Å²) in [7, 11) is 0. The van der Waals surface area contributed by atoms with E-state index in [9.17, 15) is 19.2 Å². The van der Waals surface area contributed by atoms with E-state index in [2.05, 4.69) is 10.2 Å². The van der Waals surface area contributed by atoms with Gasteiger partial charge >= 0.3 is 12.2 Å². The first-order chi connectivity index (χ1) is 25.6. The number of para-hydroxylation sites is 2. The van der Waals surface area contributed by atoms with Crippen LogP contribution in [0.5, 0.6) is 23.0 Å². The summed E-state index contributed by atoms with van der Waals surface area (Å²) in [5.74, 6) is 1.57. The van der Waals surface area contributed by atoms with Crippen molar-refractivity contribution in [2.45, 2.75) is 80.3 Å². The number of benzene rings is 4. The van der Waals surface area contributed by atoms with Crippen molar-refractivity contribution in [2.24, 2.45) is 5.73 Å². The van der Waals surface area contributed by atoms with Gasteiger partial charge in [-0.2, -0.15) is 0 Å². The Bertz CT molecular complexity index is 1800. The molecule has 1 aliphatic rings. The van der Waals surface area contributed by atoms with Crippen LogP contribution >= 0.6 is 0 Å². The van der Waals surface area contributed by atoms with Gasteiger partial charge in [-0.25, -0.2) is 9.59 Å². The summed E-state index contributed by atoms with van der Waals surface area (Å²) in [6.07, 6.45) is -1.48. The topological polar surface area (TPSA) is 156 Å². The quantitative estimate of drug-likeness (QED) is 0.0935. The molecule has 1 fully saturated rings. The van der Waals surface area contributed by atoms with Gasteiger partial charge in [0.15, 0.2) is 0 Å². The van der Waals surface area contributed by atoms with Crippen LogP contribution in [0.4, 0.5) is 9.59 Å². The molecule has 3 amide bonds. The van der Waals surface area contributed by atoms with Gasteiger partial charge in [0.05, 0.1) is 6.04 Å². The van der Waals surface area contributed by atoms with Crippen LogP contribution in [0.3, 0.4) is 0 Å². The summed E-state index contributed by atoms with van der Waals surface area (Å²) in [6.45, 7) is 16.8. The molecule has 0 aromatic heterocycles. The van der Waals surface area contributed by atoms with Crippen LogP contribution in [0.15, 0.2) is 84.9 Å². The van der Waals surface area contributed by atoms with Gasteiger partial charge in [-0.1, -0.05) is 76.9 Å². The van der Waals surface area contributed by atoms with Crippen LogP contribution in [0.25, 0.3) is 0 Å². The first kappa shape index (κ1) is 42.5. The fourth-order valence-corrected chi connectivity index (χ4v) is 4.92. The third-order valence-electron chi connectivity index (χ3n) is 7.78. The van der Waals surface area contributed by atoms with Crippen LogP contribution in [-0.2, 0) is 14.4 Å². The first-order valence-corrected chi connectivity index (χ1v) is 17.6. The van der Waals surface area contributed by atoms with Crippen LogP contribution in [0, 0.1) is 41.5 Å². The number of nitrogens with zero attached hydrogens (tertiary/aromatic N) is 1. The van der Waals surface area contributed by atoms with Gasteiger partial charge in [0.25, 0.3) is 11.8 Å². The molecule has 0 saturated carbocycles. The molecule has 0 radical (unpaired) electrons. The van der Waals surface area contributed by atoms with E-state index in [4.69, 9.17) is 24.7 Å². The first-order valence-electron chi connectivity index (χ1n) is 17.6. The Morgan fingerprint density at radius 1 is 0.648 bits per heavy atom. The standard InChI is InChI=1S/C19H23NO3.C12H11NO5.C11H17NO/c1-13-8-10-17(11-9-13)23-19(21)20-16(4)12-22-18-14(2)6-5-7-15(18)3;1-8-2-4-9(5-3-8)17-12(16)18-13-10(14)6-7-11(13)15;1-8-5-4-6-9(2)11(8)13-7-10(3)12/h5-11,16H,12H2,1-4H3,(H,20,21);2-5H,6-7H2,1H3;4-6,10H,7,12H2,1-3H3. The molecule has 0 spiro atoms. The van der Waals surface area contributed by atoms with E-state index >= 15 is 0 Å². The van der Waals surface area contributed by atoms with Crippen molar-refractivity contribution in [3.05, 3.63) is 118 Å². The molecule has 12 heteroatoms. The van der Waals surface area contributed by atoms with E-state index < -0.39 is 24.1 Å². The fraction of sp³-hybridized carbons (Fsp3) is 0.333. The summed E-state index contributed by atoms with van der Waals surface area (Å²) >= 11 is 0. The number of ether oxygens (including phenoxy) is 4. The average molecular weight is 742 g/mol. The van der Waals surface area contributed by atoms with Crippen molar-refractivity contribution in [2.75, 3.05) is 13.2 Å². The van der Waals surface area contributed by atoms with Crippen molar-refractivity contribution in [1.82, 2.24) is 10.4 Å². The molecular weight excluding hydrogens is 690 g/mol. The molecule has 2 atom stereocenters. The van der Waals surface area contributed by atoms with Gasteiger partial charge < -0.3 is 30.0 Å². The van der Waals surface area contributed by atoms with Crippen LogP contribution < -0.4 is 30.0 Å². The third kappa shape index (κ3) is 14.3. The maximum atomic E-state index is 11.9. The lowest BCUT2D eigenvalue weighted by Gasteiger charge is -2.17. The minimum atomic E-state index is -1.11. The predicted octanol–water partition coefficient (Wildman–Crippen LogP) is 7.77. The molecule has 1 heterocycles. The van der Waals surface area contributed by atoms with Crippen molar-refractivity contribution in [3.63, 3.8) is 0 Å². The highest BCUT2D eigenvalue weighted by molar-refractivity contribution is 6.01. The van der Waals surface area contributed by atoms with Gasteiger partial charge in [-0.15, -0.1) is 0 Å². The summed E-state index contributed by atoms with van der Waals surface area (Å²) in [5.41, 5.74) is 12.2. The zero-order valence-electron chi connectivity index (χ0n) is 32.3. The number of hydroxylamine groups is 2. The lowest BCUT2D eigenvalue weighted by molar-refractivity contribution is -0.174. The van der Waals surface area contributed by atoms with Gasteiger partial charge in [-0.05, 0) is 102 Å². The van der Waals surface area contributed by atoms with Crippen LogP contribution in [0.1, 0.15) is 60.1 Å². The number of hydrogen-bond acceptors (Lipinski definition) is 10. The number of amides is 3. The minimum absolute atomic E-state index is 0.0522. The lowest BCUT2D eigenvalue weighted by Crippen LogP contribution is -2.38. The second kappa shape index (κ2) is 21.0. The highest BCUT2D eigenvalue weighted by Crippen LogP contribution is 2.23. The third-order valence-corrected chi connectivity index (χ3v) is 7.78. The molecule has 0 aliphatic carbocycles. The molecule has 0 bridgehead atoms. The number of aryl methyl sites for hydroxylation is 6. The molecule has 4 aromatic rings. The summed E-state index contributed by atoms with van der Waals surface area (Å²) in [5, 5.41) is 3.21. The second-order valence-electron chi connectivity index (χ2n) is 13.1. The van der Waals surface area contributed by atoms with Crippen molar-refractivity contribution in [1.29, 1.82) is 0 Å². The highest BCUT2D eigenvalue weighted by Gasteiger charge is 2.33. The van der Waals surface area contributed by atoms with Crippen LogP contribution in [-0.4, -0.2) is 54.4 Å². The summed E-state index contributed by atoms with van der Waals surface area (Å²) in [4.78, 5) is 50.1. The van der Waals surface area contributed by atoms with Crippen molar-refractivity contribution < 1.29 is 43.0 Å². The SMILES string of the molecule is Cc1ccc(OC(=O)NC(C)COc2c(C)cccc2C)cc1.Cc1ccc(OC(=O)ON2C(=O)CCC2=O)cc1.Cc1cccc(C)c1OCC(C)N. The number of nitrogens with one attached hydrogen (secondary N) is 1. The Kier molecular flexibility index (Phi) is 16.5. The van der Waals surface area contributed by atoms with E-state index in [1.807, 2.05) is 104 Å². The minimum Gasteiger partial charge on any atom is -0.491 e. The van der Waals surface area contributed by atoms with Gasteiger partial charge in [0.1, 0.15) is 36.2 Å². The smallest absolute Gasteiger partial charge is 0.491 e. The van der Waals surface area contributed by atoms with E-state index in [0.717, 1.165) is 33.8 Å². The zero-order chi connectivity index (χ0) is 39.8. The molecule has 1 aliphatic heterocycles. The number of carbonyl (C=O) groups is 4. The van der Waals surface area contributed by atoms with Crippen molar-refractivity contribution >= 4 is 24.1 Å². The second-order valence-corrected chi connectivity index (χ2v) is 13.1. The van der Waals surface area contributed by atoms with E-state index in [0.29, 0.717) is 24.0 Å². The van der Waals surface area contributed by atoms with Crippen molar-refractivity contribution in [3.8, 4) is 23.0 Å². The number of nitrogens with two attached hydrogens (primary N) is 1. The Morgan fingerprint density at radius 3 is 1.48 bits per heavy atom. The summed E-state index contributed by atoms with van der Waals surface area (Å²) < 4.78 is 21.5. The molecule has 12 nitrogen and oxygen atoms in total. The molecular formula is C42H51N3O9. The number of rotatable bonds is 10. The molecule has 5 rings (SSSR count). The van der Waals surface area contributed by atoms with Gasteiger partial charge in [-0.3, -0.25) is 14.4 Å². The number of carbonyl (C=O) groups excluding carboxylic acids is 4. The largest absolute Gasteiger partial charge is 0.539 e. The fourth-order valence-electron chi connectivity index (χ4n) is 4.92. The molecule has 1 saturated heterocycles. The molecule has 3 N–H and O–H groups in total. The number of hydrogen-bond donors (Lipinski definition) is 2. The maximum absolute atomic E-state index is 11.9. The maximum Gasteiger partial charge on any atom is 0.539 e. The Balaban J connectivity index is 0.000000227. The average Bonchev–Trinajstić information content (AvgIpc) is 3.42. The lowest BCUT2D eigenvalue weighted by atomic mass is 10.1. The highest BCUT2D eigenvalue weighted by atomic mass is 16.8. The normalized spacial score (nSPS) is 12.9. The van der Waals surface area contributed by atoms with E-state index in [1.54, 1.807) is 36.4 Å². The van der Waals surface area contributed by atoms with Crippen LogP contribution in [0.2, 0.25) is 0 Å². The number of imide groups is 1.